The number of hydrogen-bond donors (Lipinski definition) is 0. The lowest BCUT2D eigenvalue weighted by molar-refractivity contribution is -0.117. The van der Waals surface area contributed by atoms with Gasteiger partial charge in [0.05, 0.1) is 0 Å². The van der Waals surface area contributed by atoms with E-state index in [9.17, 15) is 9.36 Å². The summed E-state index contributed by atoms with van der Waals surface area (Å²) >= 11 is 0. The lowest BCUT2D eigenvalue weighted by Crippen LogP contribution is -2.18. The fourth-order valence-corrected chi connectivity index (χ4v) is 2.61. The first-order valence-electron chi connectivity index (χ1n) is 3.73. The molecule has 0 N–H and O–H groups in total. The summed E-state index contributed by atoms with van der Waals surface area (Å²) in [7, 11) is -0.622. The summed E-state index contributed by atoms with van der Waals surface area (Å²) in [6.07, 6.45) is 0.467. The number of hydrogen-bond acceptors (Lipinski definition) is 4. The molecule has 0 radical (unpaired) electrons. The first-order chi connectivity index (χ1) is 5.51. The van der Waals surface area contributed by atoms with E-state index in [1.54, 1.807) is 6.92 Å². The van der Waals surface area contributed by atoms with Crippen molar-refractivity contribution in [2.24, 2.45) is 0 Å². The molecule has 0 aromatic carbocycles. The van der Waals surface area contributed by atoms with E-state index in [-0.39, 0.29) is 5.78 Å². The molecule has 0 fully saturated rings. The zero-order chi connectivity index (χ0) is 9.78. The van der Waals surface area contributed by atoms with Crippen molar-refractivity contribution < 1.29 is 18.4 Å². The normalized spacial score (nSPS) is 14.3. The highest BCUT2D eigenvalue weighted by molar-refractivity contribution is 7.55. The quantitative estimate of drug-likeness (QED) is 0.626. The van der Waals surface area contributed by atoms with E-state index in [4.69, 9.17) is 9.05 Å². The van der Waals surface area contributed by atoms with Crippen LogP contribution in [0.1, 0.15) is 20.3 Å². The molecule has 1 unspecified atom stereocenters. The van der Waals surface area contributed by atoms with Crippen LogP contribution in [-0.4, -0.2) is 25.7 Å². The third-order valence-electron chi connectivity index (χ3n) is 1.75. The van der Waals surface area contributed by atoms with Crippen molar-refractivity contribution in [3.8, 4) is 0 Å². The molecule has 0 aliphatic carbocycles. The van der Waals surface area contributed by atoms with E-state index >= 15 is 0 Å². The predicted molar refractivity (Wildman–Crippen MR) is 46.4 cm³/mol. The smallest absolute Gasteiger partial charge is 0.311 e. The molecular formula is C7H15O4P. The average molecular weight is 194 g/mol. The van der Waals surface area contributed by atoms with Crippen LogP contribution in [0.3, 0.4) is 0 Å². The van der Waals surface area contributed by atoms with Crippen molar-refractivity contribution in [3.05, 3.63) is 0 Å². The maximum atomic E-state index is 11.7. The molecule has 0 aromatic heterocycles. The van der Waals surface area contributed by atoms with E-state index in [2.05, 4.69) is 0 Å². The molecule has 0 aromatic rings. The van der Waals surface area contributed by atoms with Gasteiger partial charge in [0.15, 0.2) is 0 Å². The van der Waals surface area contributed by atoms with Gasteiger partial charge in [-0.15, -0.1) is 0 Å². The van der Waals surface area contributed by atoms with Crippen LogP contribution < -0.4 is 0 Å². The van der Waals surface area contributed by atoms with Crippen LogP contribution in [0.4, 0.5) is 0 Å². The Kier molecular flexibility index (Phi) is 4.68. The molecule has 12 heavy (non-hydrogen) atoms. The molecule has 0 saturated carbocycles. The largest absolute Gasteiger partial charge is 0.340 e. The van der Waals surface area contributed by atoms with Crippen LogP contribution in [0.15, 0.2) is 0 Å². The average Bonchev–Trinajstić information content (AvgIpc) is 2.04. The molecule has 5 heteroatoms. The van der Waals surface area contributed by atoms with Crippen LogP contribution in [-0.2, 0) is 18.4 Å². The van der Waals surface area contributed by atoms with Crippen molar-refractivity contribution in [2.45, 2.75) is 25.9 Å². The van der Waals surface area contributed by atoms with Gasteiger partial charge in [0.25, 0.3) is 0 Å². The van der Waals surface area contributed by atoms with E-state index in [1.807, 2.05) is 0 Å². The molecule has 0 amide bonds. The van der Waals surface area contributed by atoms with Gasteiger partial charge >= 0.3 is 7.60 Å². The minimum absolute atomic E-state index is 0.162. The van der Waals surface area contributed by atoms with Crippen LogP contribution >= 0.6 is 7.60 Å². The van der Waals surface area contributed by atoms with Crippen LogP contribution in [0.2, 0.25) is 0 Å². The first-order valence-corrected chi connectivity index (χ1v) is 5.34. The van der Waals surface area contributed by atoms with Crippen molar-refractivity contribution in [3.63, 3.8) is 0 Å². The summed E-state index contributed by atoms with van der Waals surface area (Å²) in [5.74, 6) is -0.162. The summed E-state index contributed by atoms with van der Waals surface area (Å²) < 4.78 is 21.1. The number of rotatable bonds is 5. The minimum Gasteiger partial charge on any atom is -0.311 e. The summed E-state index contributed by atoms with van der Waals surface area (Å²) in [5.41, 5.74) is -0.632. The van der Waals surface area contributed by atoms with E-state index < -0.39 is 13.3 Å². The van der Waals surface area contributed by atoms with Gasteiger partial charge in [-0.1, -0.05) is 6.92 Å². The standard InChI is InChI=1S/C7H15O4P/c1-5-7(6(2)8)12(9,10-3)11-4/h7H,5H2,1-4H3. The summed E-state index contributed by atoms with van der Waals surface area (Å²) in [4.78, 5) is 11.0. The second-order valence-corrected chi connectivity index (χ2v) is 4.87. The van der Waals surface area contributed by atoms with Gasteiger partial charge in [-0.25, -0.2) is 0 Å². The summed E-state index contributed by atoms with van der Waals surface area (Å²) in [6, 6.07) is 0. The molecule has 4 nitrogen and oxygen atoms in total. The third-order valence-corrected chi connectivity index (χ3v) is 4.26. The van der Waals surface area contributed by atoms with Gasteiger partial charge in [0.1, 0.15) is 11.4 Å². The molecule has 72 valence electrons. The molecule has 0 spiro atoms. The fourth-order valence-electron chi connectivity index (χ4n) is 1.06. The number of carbonyl (C=O) groups is 1. The van der Waals surface area contributed by atoms with Crippen molar-refractivity contribution in [1.29, 1.82) is 0 Å². The molecule has 0 rings (SSSR count). The molecule has 0 saturated heterocycles. The SMILES string of the molecule is CCC(C(C)=O)P(=O)(OC)OC. The third kappa shape index (κ3) is 2.41. The molecule has 0 bridgehead atoms. The highest BCUT2D eigenvalue weighted by atomic mass is 31.2. The van der Waals surface area contributed by atoms with Gasteiger partial charge in [-0.05, 0) is 13.3 Å². The van der Waals surface area contributed by atoms with Crippen molar-refractivity contribution in [2.75, 3.05) is 14.2 Å². The number of carbonyl (C=O) groups excluding carboxylic acids is 1. The summed E-state index contributed by atoms with van der Waals surface area (Å²) in [6.45, 7) is 3.16. The zero-order valence-electron chi connectivity index (χ0n) is 7.86. The Bertz CT molecular complexity index is 194. The minimum atomic E-state index is -3.20. The van der Waals surface area contributed by atoms with E-state index in [1.165, 1.54) is 21.1 Å². The Morgan fingerprint density at radius 1 is 1.42 bits per heavy atom. The van der Waals surface area contributed by atoms with Gasteiger partial charge in [0.2, 0.25) is 0 Å². The van der Waals surface area contributed by atoms with Gasteiger partial charge in [-0.2, -0.15) is 0 Å². The zero-order valence-corrected chi connectivity index (χ0v) is 8.76. The Morgan fingerprint density at radius 3 is 1.92 bits per heavy atom. The lowest BCUT2D eigenvalue weighted by atomic mass is 10.2. The lowest BCUT2D eigenvalue weighted by Gasteiger charge is -2.20. The second kappa shape index (κ2) is 4.75. The highest BCUT2D eigenvalue weighted by Crippen LogP contribution is 2.52. The molecule has 0 aliphatic rings. The van der Waals surface area contributed by atoms with Gasteiger partial charge in [0, 0.05) is 14.2 Å². The maximum Gasteiger partial charge on any atom is 0.340 e. The fraction of sp³-hybridized carbons (Fsp3) is 0.857. The molecule has 0 aliphatic heterocycles. The molecule has 0 heterocycles. The first kappa shape index (κ1) is 11.8. The molecule has 1 atom stereocenters. The van der Waals surface area contributed by atoms with Gasteiger partial charge < -0.3 is 9.05 Å². The maximum absolute atomic E-state index is 11.7. The summed E-state index contributed by atoms with van der Waals surface area (Å²) in [5, 5.41) is 0. The van der Waals surface area contributed by atoms with Crippen molar-refractivity contribution in [1.82, 2.24) is 0 Å². The van der Waals surface area contributed by atoms with Crippen LogP contribution in [0, 0.1) is 0 Å². The van der Waals surface area contributed by atoms with Gasteiger partial charge in [-0.3, -0.25) is 9.36 Å². The van der Waals surface area contributed by atoms with E-state index in [0.717, 1.165) is 0 Å². The Balaban J connectivity index is 4.68. The Hall–Kier alpha value is -0.180. The second-order valence-electron chi connectivity index (χ2n) is 2.44. The predicted octanol–water partition coefficient (Wildman–Crippen LogP) is 1.84. The number of ketones is 1. The highest BCUT2D eigenvalue weighted by Gasteiger charge is 2.35. The topological polar surface area (TPSA) is 52.6 Å². The number of Topliss-reactive ketones (excluding diaryl/α,β-unsaturated/α-hetero) is 1. The molecular weight excluding hydrogens is 179 g/mol. The van der Waals surface area contributed by atoms with Crippen LogP contribution in [0.25, 0.3) is 0 Å². The van der Waals surface area contributed by atoms with Crippen molar-refractivity contribution >= 4 is 13.4 Å². The Labute approximate surface area is 72.8 Å². The Morgan fingerprint density at radius 2 is 1.83 bits per heavy atom. The van der Waals surface area contributed by atoms with E-state index in [0.29, 0.717) is 6.42 Å². The monoisotopic (exact) mass is 194 g/mol. The van der Waals surface area contributed by atoms with Crippen LogP contribution in [0.5, 0.6) is 0 Å².